The Morgan fingerprint density at radius 3 is 1.19 bits per heavy atom. The first-order valence-corrected chi connectivity index (χ1v) is 23.8. The Morgan fingerprint density at radius 2 is 0.815 bits per heavy atom. The van der Waals surface area contributed by atoms with E-state index in [1.807, 2.05) is 0 Å². The van der Waals surface area contributed by atoms with E-state index in [0.717, 1.165) is 45.3 Å². The number of nitrogens with zero attached hydrogens (tertiary/aromatic N) is 1. The quantitative estimate of drug-likeness (QED) is 0.0495. The van der Waals surface area contributed by atoms with Gasteiger partial charge in [0.25, 0.3) is 0 Å². The number of amides is 1. The largest absolute Gasteiger partial charge is 0.441 e. The predicted octanol–water partition coefficient (Wildman–Crippen LogP) is 14.3. The first-order valence-electron chi connectivity index (χ1n) is 23.8. The van der Waals surface area contributed by atoms with E-state index in [-0.39, 0.29) is 12.2 Å². The summed E-state index contributed by atoms with van der Waals surface area (Å²) in [6, 6.07) is 0. The molecule has 0 saturated heterocycles. The van der Waals surface area contributed by atoms with Gasteiger partial charge in [0.2, 0.25) is 0 Å². The fourth-order valence-electron chi connectivity index (χ4n) is 6.93. The number of nitrogens with one attached hydrogen (secondary N) is 1. The van der Waals surface area contributed by atoms with Crippen molar-refractivity contribution in [3.63, 3.8) is 0 Å². The van der Waals surface area contributed by atoms with Crippen molar-refractivity contribution in [2.75, 3.05) is 52.6 Å². The number of hydrogen-bond acceptors (Lipinski definition) is 5. The van der Waals surface area contributed by atoms with E-state index < -0.39 is 0 Å². The van der Waals surface area contributed by atoms with Crippen molar-refractivity contribution in [1.29, 1.82) is 0 Å². The minimum Gasteiger partial charge on any atom is -0.441 e. The second-order valence-electron chi connectivity index (χ2n) is 15.8. The average molecular weight is 763 g/mol. The maximum Gasteiger partial charge on any atom is 0.407 e. The molecule has 6 nitrogen and oxygen atoms in total. The number of allylic oxidation sites excluding steroid dienone is 4. The van der Waals surface area contributed by atoms with Gasteiger partial charge in [-0.3, -0.25) is 0 Å². The summed E-state index contributed by atoms with van der Waals surface area (Å²) in [6.45, 7) is 14.7. The first-order chi connectivity index (χ1) is 26.7. The maximum absolute atomic E-state index is 12.7. The highest BCUT2D eigenvalue weighted by molar-refractivity contribution is 5.67. The van der Waals surface area contributed by atoms with Crippen molar-refractivity contribution in [3.8, 4) is 0 Å². The molecule has 0 unspecified atom stereocenters. The maximum atomic E-state index is 12.7. The van der Waals surface area contributed by atoms with Crippen molar-refractivity contribution in [2.45, 2.75) is 226 Å². The number of ether oxygens (including phenoxy) is 3. The van der Waals surface area contributed by atoms with Crippen molar-refractivity contribution in [3.05, 3.63) is 24.3 Å². The molecule has 1 amide bonds. The van der Waals surface area contributed by atoms with Crippen LogP contribution in [0.2, 0.25) is 0 Å². The van der Waals surface area contributed by atoms with Gasteiger partial charge in [0.05, 0.1) is 13.2 Å². The SMILES string of the molecule is CCCCCCCCC=CCCCCCCCCOCC(COCCCCCCCCC=CCCCCCCCC)OC(=O)NCCN(CCC)CCC. The molecule has 0 aliphatic rings. The van der Waals surface area contributed by atoms with Crippen molar-refractivity contribution >= 4 is 6.09 Å². The molecule has 0 aliphatic carbocycles. The van der Waals surface area contributed by atoms with Gasteiger partial charge in [0, 0.05) is 26.3 Å². The molecular formula is C48H94N2O4. The third-order valence-corrected chi connectivity index (χ3v) is 10.3. The topological polar surface area (TPSA) is 60.0 Å². The number of rotatable bonds is 44. The van der Waals surface area contributed by atoms with Gasteiger partial charge in [-0.2, -0.15) is 0 Å². The molecule has 6 heteroatoms. The second kappa shape index (κ2) is 46.0. The highest BCUT2D eigenvalue weighted by Crippen LogP contribution is 2.12. The van der Waals surface area contributed by atoms with E-state index in [0.29, 0.717) is 33.0 Å². The number of hydrogen-bond donors (Lipinski definition) is 1. The van der Waals surface area contributed by atoms with Gasteiger partial charge in [-0.1, -0.05) is 168 Å². The van der Waals surface area contributed by atoms with Crippen LogP contribution in [0.3, 0.4) is 0 Å². The molecule has 0 aliphatic heterocycles. The van der Waals surface area contributed by atoms with E-state index in [2.05, 4.69) is 62.2 Å². The Morgan fingerprint density at radius 1 is 0.463 bits per heavy atom. The van der Waals surface area contributed by atoms with Gasteiger partial charge in [0.15, 0.2) is 6.10 Å². The Bertz CT molecular complexity index is 737. The van der Waals surface area contributed by atoms with Gasteiger partial charge in [-0.05, 0) is 90.1 Å². The highest BCUT2D eigenvalue weighted by atomic mass is 16.6. The Labute approximate surface area is 337 Å². The molecule has 1 N–H and O–H groups in total. The zero-order valence-electron chi connectivity index (χ0n) is 36.8. The van der Waals surface area contributed by atoms with Crippen LogP contribution in [-0.4, -0.2) is 69.7 Å². The fourth-order valence-corrected chi connectivity index (χ4v) is 6.93. The number of alkyl carbamates (subject to hydrolysis) is 1. The molecule has 0 saturated carbocycles. The number of unbranched alkanes of at least 4 members (excludes halogenated alkanes) is 24. The van der Waals surface area contributed by atoms with Crippen LogP contribution in [0, 0.1) is 0 Å². The molecule has 0 radical (unpaired) electrons. The zero-order valence-corrected chi connectivity index (χ0v) is 36.8. The minimum absolute atomic E-state index is 0.366. The molecule has 0 fully saturated rings. The van der Waals surface area contributed by atoms with Crippen LogP contribution in [0.5, 0.6) is 0 Å². The van der Waals surface area contributed by atoms with Crippen LogP contribution in [0.1, 0.15) is 220 Å². The average Bonchev–Trinajstić information content (AvgIpc) is 3.17. The van der Waals surface area contributed by atoms with Gasteiger partial charge in [-0.25, -0.2) is 4.79 Å². The number of carbonyl (C=O) groups excluding carboxylic acids is 1. The van der Waals surface area contributed by atoms with E-state index in [1.54, 1.807) is 0 Å². The molecule has 0 heterocycles. The van der Waals surface area contributed by atoms with Crippen molar-refractivity contribution in [1.82, 2.24) is 10.2 Å². The van der Waals surface area contributed by atoms with E-state index in [9.17, 15) is 4.79 Å². The lowest BCUT2D eigenvalue weighted by atomic mass is 10.1. The second-order valence-corrected chi connectivity index (χ2v) is 15.8. The molecular weight excluding hydrogens is 669 g/mol. The molecule has 0 aromatic heterocycles. The Balaban J connectivity index is 4.12. The van der Waals surface area contributed by atoms with Gasteiger partial charge in [-0.15, -0.1) is 0 Å². The first kappa shape index (κ1) is 52.6. The highest BCUT2D eigenvalue weighted by Gasteiger charge is 2.16. The lowest BCUT2D eigenvalue weighted by Crippen LogP contribution is -2.39. The van der Waals surface area contributed by atoms with E-state index in [4.69, 9.17) is 14.2 Å². The van der Waals surface area contributed by atoms with E-state index >= 15 is 0 Å². The third kappa shape index (κ3) is 41.8. The smallest absolute Gasteiger partial charge is 0.407 e. The summed E-state index contributed by atoms with van der Waals surface area (Å²) in [5.41, 5.74) is 0. The molecule has 320 valence electrons. The van der Waals surface area contributed by atoms with Crippen molar-refractivity contribution < 1.29 is 19.0 Å². The minimum atomic E-state index is -0.379. The normalized spacial score (nSPS) is 12.5. The van der Waals surface area contributed by atoms with Crippen LogP contribution >= 0.6 is 0 Å². The summed E-state index contributed by atoms with van der Waals surface area (Å²) < 4.78 is 17.8. The summed E-state index contributed by atoms with van der Waals surface area (Å²) in [5, 5.41) is 2.96. The molecule has 0 spiro atoms. The van der Waals surface area contributed by atoms with Crippen LogP contribution in [0.4, 0.5) is 4.79 Å². The summed E-state index contributed by atoms with van der Waals surface area (Å²) in [6.07, 6.45) is 47.5. The molecule has 0 atom stereocenters. The standard InChI is InChI=1S/C48H94N2O4/c1-5-9-11-13-15-17-19-21-23-25-27-29-31-33-35-37-43-52-45-47(54-48(51)49-39-42-50(40-7-3)41-8-4)46-53-44-38-36-34-32-30-28-26-24-22-20-18-16-14-12-10-6-2/h21-24,47H,5-20,25-46H2,1-4H3,(H,49,51). The van der Waals surface area contributed by atoms with E-state index in [1.165, 1.54) is 167 Å². The summed E-state index contributed by atoms with van der Waals surface area (Å²) in [4.78, 5) is 15.1. The lowest BCUT2D eigenvalue weighted by molar-refractivity contribution is -0.0293. The van der Waals surface area contributed by atoms with Gasteiger partial charge < -0.3 is 24.4 Å². The predicted molar refractivity (Wildman–Crippen MR) is 236 cm³/mol. The Hall–Kier alpha value is -1.37. The van der Waals surface area contributed by atoms with Gasteiger partial charge >= 0.3 is 6.09 Å². The van der Waals surface area contributed by atoms with Gasteiger partial charge in [0.1, 0.15) is 0 Å². The molecule has 0 aromatic carbocycles. The lowest BCUT2D eigenvalue weighted by Gasteiger charge is -2.22. The molecule has 54 heavy (non-hydrogen) atoms. The molecule has 0 rings (SSSR count). The third-order valence-electron chi connectivity index (χ3n) is 10.3. The van der Waals surface area contributed by atoms with Crippen LogP contribution in [0.15, 0.2) is 24.3 Å². The van der Waals surface area contributed by atoms with Crippen LogP contribution in [0.25, 0.3) is 0 Å². The van der Waals surface area contributed by atoms with Crippen LogP contribution in [-0.2, 0) is 14.2 Å². The fraction of sp³-hybridized carbons (Fsp3) is 0.896. The number of carbonyl (C=O) groups is 1. The Kier molecular flexibility index (Phi) is 44.8. The molecule has 0 aromatic rings. The van der Waals surface area contributed by atoms with Crippen molar-refractivity contribution in [2.24, 2.45) is 0 Å². The summed E-state index contributed by atoms with van der Waals surface area (Å²) >= 11 is 0. The summed E-state index contributed by atoms with van der Waals surface area (Å²) in [7, 11) is 0. The summed E-state index contributed by atoms with van der Waals surface area (Å²) in [5.74, 6) is 0. The zero-order chi connectivity index (χ0) is 39.3. The van der Waals surface area contributed by atoms with Crippen LogP contribution < -0.4 is 5.32 Å². The molecule has 0 bridgehead atoms. The monoisotopic (exact) mass is 763 g/mol.